The number of halogens is 5. The molecule has 1 aliphatic heterocycles. The van der Waals surface area contributed by atoms with Crippen LogP contribution in [0.25, 0.3) is 0 Å². The van der Waals surface area contributed by atoms with Crippen LogP contribution in [0.2, 0.25) is 0 Å². The van der Waals surface area contributed by atoms with E-state index in [1.807, 2.05) is 0 Å². The van der Waals surface area contributed by atoms with Gasteiger partial charge in [0.2, 0.25) is 0 Å². The summed E-state index contributed by atoms with van der Waals surface area (Å²) in [7, 11) is 0. The molecule has 2 aliphatic rings. The van der Waals surface area contributed by atoms with E-state index in [9.17, 15) is 0 Å². The molecule has 0 amide bonds. The van der Waals surface area contributed by atoms with Crippen molar-refractivity contribution in [1.82, 2.24) is 20.9 Å². The van der Waals surface area contributed by atoms with Gasteiger partial charge in [-0.3, -0.25) is 4.90 Å². The van der Waals surface area contributed by atoms with E-state index in [-0.39, 0.29) is 62.0 Å². The summed E-state index contributed by atoms with van der Waals surface area (Å²) in [6.45, 7) is 9.88. The van der Waals surface area contributed by atoms with E-state index in [4.69, 9.17) is 0 Å². The van der Waals surface area contributed by atoms with Crippen LogP contribution in [0.15, 0.2) is 24.3 Å². The Kier molecular flexibility index (Phi) is 34.4. The number of anilines is 1. The van der Waals surface area contributed by atoms with Gasteiger partial charge in [0, 0.05) is 44.5 Å². The summed E-state index contributed by atoms with van der Waals surface area (Å²) >= 11 is 0. The molecule has 1 saturated carbocycles. The second kappa shape index (κ2) is 30.8. The predicted octanol–water partition coefficient (Wildman–Crippen LogP) is 7.64. The molecule has 1 saturated heterocycles. The first-order chi connectivity index (χ1) is 17.4. The average molecular weight is 668 g/mol. The number of benzene rings is 1. The Morgan fingerprint density at radius 2 is 1.00 bits per heavy atom. The van der Waals surface area contributed by atoms with Crippen molar-refractivity contribution in [2.75, 3.05) is 57.7 Å². The average Bonchev–Trinajstić information content (AvgIpc) is 2.90. The minimum Gasteiger partial charge on any atom is -0.382 e. The van der Waals surface area contributed by atoms with Gasteiger partial charge in [0.1, 0.15) is 0 Å². The highest BCUT2D eigenvalue weighted by atomic mass is 35.5. The van der Waals surface area contributed by atoms with Crippen molar-refractivity contribution in [2.24, 2.45) is 0 Å². The van der Waals surface area contributed by atoms with Crippen LogP contribution in [0.1, 0.15) is 95.5 Å². The molecule has 0 unspecified atom stereocenters. The third-order valence-corrected chi connectivity index (χ3v) is 7.70. The van der Waals surface area contributed by atoms with Gasteiger partial charge in [-0.25, -0.2) is 0 Å². The molecule has 1 aromatic carbocycles. The number of rotatable bonds is 4. The molecule has 0 aromatic heterocycles. The largest absolute Gasteiger partial charge is 0.382 e. The Bertz CT molecular complexity index is 613. The van der Waals surface area contributed by atoms with Crippen LogP contribution in [0, 0.1) is 0 Å². The number of hydrogen-bond donors (Lipinski definition) is 4. The first kappa shape index (κ1) is 44.7. The van der Waals surface area contributed by atoms with Gasteiger partial charge < -0.3 is 21.3 Å². The first-order valence-corrected chi connectivity index (χ1v) is 15.1. The van der Waals surface area contributed by atoms with Crippen molar-refractivity contribution >= 4 is 67.7 Å². The van der Waals surface area contributed by atoms with E-state index >= 15 is 0 Å². The van der Waals surface area contributed by atoms with E-state index in [0.29, 0.717) is 6.04 Å². The van der Waals surface area contributed by atoms with Gasteiger partial charge >= 0.3 is 0 Å². The fraction of sp³-hybridized carbons (Fsp3) is 0.800. The molecule has 0 atom stereocenters. The van der Waals surface area contributed by atoms with Crippen LogP contribution >= 0.6 is 62.0 Å². The lowest BCUT2D eigenvalue weighted by Gasteiger charge is -2.24. The Balaban J connectivity index is -0.00000274. The van der Waals surface area contributed by atoms with Crippen molar-refractivity contribution in [3.8, 4) is 0 Å². The van der Waals surface area contributed by atoms with E-state index in [1.165, 1.54) is 101 Å². The predicted molar refractivity (Wildman–Crippen MR) is 189 cm³/mol. The van der Waals surface area contributed by atoms with Gasteiger partial charge in [0.05, 0.1) is 0 Å². The summed E-state index contributed by atoms with van der Waals surface area (Å²) in [5, 5.41) is 14.6. The lowest BCUT2D eigenvalue weighted by Crippen LogP contribution is -2.36. The second-order valence-electron chi connectivity index (χ2n) is 10.9. The maximum Gasteiger partial charge on any atom is 0.0342 e. The summed E-state index contributed by atoms with van der Waals surface area (Å²) in [4.78, 5) is 2.62. The zero-order valence-corrected chi connectivity index (χ0v) is 28.7. The van der Waals surface area contributed by atoms with Crippen molar-refractivity contribution in [3.63, 3.8) is 0 Å². The Morgan fingerprint density at radius 3 is 1.55 bits per heavy atom. The molecule has 5 nitrogen and oxygen atoms in total. The lowest BCUT2D eigenvalue weighted by atomic mass is 10.0. The molecule has 0 spiro atoms. The fourth-order valence-electron chi connectivity index (χ4n) is 5.51. The summed E-state index contributed by atoms with van der Waals surface area (Å²) in [6.07, 6.45) is 19.3. The minimum absolute atomic E-state index is 0. The van der Waals surface area contributed by atoms with Gasteiger partial charge in [0.15, 0.2) is 0 Å². The fourth-order valence-corrected chi connectivity index (χ4v) is 5.51. The Morgan fingerprint density at radius 1 is 0.525 bits per heavy atom. The SMILES string of the molecule is Cl.Cl.Cl.Cl.Cl.c1cc(NC2CCCCCCCCCCCC2)ccc1CN1CCCNCCNCCCNCC1. The molecule has 2 fully saturated rings. The molecule has 0 bridgehead atoms. The Hall–Kier alpha value is 0.310. The molecule has 4 N–H and O–H groups in total. The van der Waals surface area contributed by atoms with E-state index in [0.717, 1.165) is 58.9 Å². The molecule has 0 radical (unpaired) electrons. The first-order valence-electron chi connectivity index (χ1n) is 15.1. The van der Waals surface area contributed by atoms with Crippen LogP contribution in [0.5, 0.6) is 0 Å². The summed E-state index contributed by atoms with van der Waals surface area (Å²) in [6, 6.07) is 9.99. The summed E-state index contributed by atoms with van der Waals surface area (Å²) < 4.78 is 0. The van der Waals surface area contributed by atoms with Crippen molar-refractivity contribution < 1.29 is 0 Å². The minimum atomic E-state index is 0. The van der Waals surface area contributed by atoms with Gasteiger partial charge in [0.25, 0.3) is 0 Å². The number of hydrogen-bond acceptors (Lipinski definition) is 5. The highest BCUT2D eigenvalue weighted by molar-refractivity contribution is 5.86. The van der Waals surface area contributed by atoms with Crippen LogP contribution in [-0.2, 0) is 6.54 Å². The maximum atomic E-state index is 3.90. The van der Waals surface area contributed by atoms with Crippen LogP contribution in [-0.4, -0.2) is 63.3 Å². The number of nitrogens with zero attached hydrogens (tertiary/aromatic N) is 1. The maximum absolute atomic E-state index is 3.90. The highest BCUT2D eigenvalue weighted by Crippen LogP contribution is 2.21. The monoisotopic (exact) mass is 665 g/mol. The molecule has 40 heavy (non-hydrogen) atoms. The quantitative estimate of drug-likeness (QED) is 0.266. The van der Waals surface area contributed by atoms with Crippen molar-refractivity contribution in [2.45, 2.75) is 102 Å². The van der Waals surface area contributed by atoms with Gasteiger partial charge in [-0.05, 0) is 69.6 Å². The Labute approximate surface area is 277 Å². The van der Waals surface area contributed by atoms with Crippen LogP contribution in [0.4, 0.5) is 5.69 Å². The third kappa shape index (κ3) is 21.9. The molecule has 10 heteroatoms. The topological polar surface area (TPSA) is 51.4 Å². The van der Waals surface area contributed by atoms with Gasteiger partial charge in [-0.15, -0.1) is 62.0 Å². The summed E-state index contributed by atoms with van der Waals surface area (Å²) in [5.74, 6) is 0. The molecule has 1 aliphatic carbocycles. The molecule has 1 heterocycles. The molecular weight excluding hydrogens is 608 g/mol. The number of nitrogens with one attached hydrogen (secondary N) is 4. The normalized spacial score (nSPS) is 19.9. The molecular formula is C30H60Cl5N5. The smallest absolute Gasteiger partial charge is 0.0342 e. The van der Waals surface area contributed by atoms with E-state index in [2.05, 4.69) is 50.4 Å². The van der Waals surface area contributed by atoms with Crippen LogP contribution in [0.3, 0.4) is 0 Å². The van der Waals surface area contributed by atoms with Crippen LogP contribution < -0.4 is 21.3 Å². The van der Waals surface area contributed by atoms with Gasteiger partial charge in [-0.2, -0.15) is 0 Å². The van der Waals surface area contributed by atoms with E-state index < -0.39 is 0 Å². The standard InChI is InChI=1S/C30H55N5.5ClH/c1-2-4-6-8-10-14-29(13-9-7-5-3-1)34-30-17-15-28(16-18-30)27-35-25-12-21-32-23-22-31-19-11-20-33-24-26-35;;;;;/h15-18,29,31-34H,1-14,19-27H2;5*1H. The van der Waals surface area contributed by atoms with Gasteiger partial charge in [-0.1, -0.05) is 76.3 Å². The highest BCUT2D eigenvalue weighted by Gasteiger charge is 2.11. The zero-order chi connectivity index (χ0) is 24.2. The second-order valence-corrected chi connectivity index (χ2v) is 10.9. The lowest BCUT2D eigenvalue weighted by molar-refractivity contribution is 0.260. The van der Waals surface area contributed by atoms with Crippen molar-refractivity contribution in [1.29, 1.82) is 0 Å². The van der Waals surface area contributed by atoms with Crippen molar-refractivity contribution in [3.05, 3.63) is 29.8 Å². The summed E-state index contributed by atoms with van der Waals surface area (Å²) in [5.41, 5.74) is 2.74. The van der Waals surface area contributed by atoms with E-state index in [1.54, 1.807) is 0 Å². The molecule has 240 valence electrons. The molecule has 3 rings (SSSR count). The zero-order valence-electron chi connectivity index (χ0n) is 24.6. The molecule has 1 aromatic rings. The third-order valence-electron chi connectivity index (χ3n) is 7.70.